The van der Waals surface area contributed by atoms with E-state index in [0.29, 0.717) is 17.4 Å². The first-order valence-electron chi connectivity index (χ1n) is 6.78. The van der Waals surface area contributed by atoms with Crippen molar-refractivity contribution < 1.29 is 4.79 Å². The van der Waals surface area contributed by atoms with Gasteiger partial charge in [0.25, 0.3) is 0 Å². The fourth-order valence-corrected chi connectivity index (χ4v) is 3.78. The quantitative estimate of drug-likeness (QED) is 0.828. The van der Waals surface area contributed by atoms with Crippen LogP contribution in [0.4, 0.5) is 0 Å². The van der Waals surface area contributed by atoms with Gasteiger partial charge in [0.2, 0.25) is 5.91 Å². The summed E-state index contributed by atoms with van der Waals surface area (Å²) in [6.07, 6.45) is 2.39. The maximum atomic E-state index is 11.4. The average Bonchev–Trinajstić information content (AvgIpc) is 2.47. The number of carbonyl (C=O) groups excluding carboxylic acids is 1. The lowest BCUT2D eigenvalue weighted by Gasteiger charge is -2.40. The van der Waals surface area contributed by atoms with E-state index in [0.717, 1.165) is 0 Å². The lowest BCUT2D eigenvalue weighted by atomic mass is 9.64. The zero-order chi connectivity index (χ0) is 13.0. The van der Waals surface area contributed by atoms with Crippen molar-refractivity contribution in [1.82, 2.24) is 0 Å². The maximum Gasteiger partial charge on any atom is 0.248 e. The van der Waals surface area contributed by atoms with Gasteiger partial charge in [-0.25, -0.2) is 0 Å². The summed E-state index contributed by atoms with van der Waals surface area (Å²) in [5, 5.41) is 0. The van der Waals surface area contributed by atoms with Gasteiger partial charge in [-0.15, -0.1) is 0 Å². The van der Waals surface area contributed by atoms with Crippen LogP contribution in [-0.4, -0.2) is 5.91 Å². The Morgan fingerprint density at radius 3 is 2.11 bits per heavy atom. The summed E-state index contributed by atoms with van der Waals surface area (Å²) in [5.41, 5.74) is 11.6. The molecule has 5 rings (SSSR count). The third-order valence-electron chi connectivity index (χ3n) is 4.61. The number of benzene rings is 2. The molecule has 19 heavy (non-hydrogen) atoms. The average molecular weight is 249 g/mol. The molecule has 2 aromatic carbocycles. The minimum Gasteiger partial charge on any atom is -0.366 e. The molecule has 2 unspecified atom stereocenters. The predicted molar refractivity (Wildman–Crippen MR) is 74.3 cm³/mol. The Morgan fingerprint density at radius 1 is 0.895 bits per heavy atom. The maximum absolute atomic E-state index is 11.4. The molecule has 2 N–H and O–H groups in total. The fraction of sp³-hybridized carbons (Fsp3) is 0.235. The summed E-state index contributed by atoms with van der Waals surface area (Å²) in [7, 11) is 0. The van der Waals surface area contributed by atoms with Crippen LogP contribution in [0.15, 0.2) is 42.5 Å². The second kappa shape index (κ2) is 3.70. The summed E-state index contributed by atoms with van der Waals surface area (Å²) in [6, 6.07) is 14.7. The van der Waals surface area contributed by atoms with Crippen molar-refractivity contribution in [2.75, 3.05) is 0 Å². The van der Waals surface area contributed by atoms with Crippen molar-refractivity contribution >= 4 is 5.91 Å². The monoisotopic (exact) mass is 249 g/mol. The number of primary amides is 1. The Balaban J connectivity index is 1.95. The third kappa shape index (κ3) is 1.40. The first kappa shape index (κ1) is 10.8. The largest absolute Gasteiger partial charge is 0.366 e. The van der Waals surface area contributed by atoms with Crippen molar-refractivity contribution in [3.8, 4) is 0 Å². The topological polar surface area (TPSA) is 43.1 Å². The number of amides is 1. The van der Waals surface area contributed by atoms with Gasteiger partial charge in [-0.05, 0) is 47.2 Å². The molecule has 0 radical (unpaired) electrons. The van der Waals surface area contributed by atoms with Crippen molar-refractivity contribution in [3.63, 3.8) is 0 Å². The lowest BCUT2D eigenvalue weighted by molar-refractivity contribution is 0.1000. The molecule has 0 spiro atoms. The molecule has 2 bridgehead atoms. The number of nitrogens with two attached hydrogens (primary N) is 1. The van der Waals surface area contributed by atoms with E-state index in [1.807, 2.05) is 12.1 Å². The van der Waals surface area contributed by atoms with Crippen molar-refractivity contribution in [3.05, 3.63) is 70.3 Å². The molecule has 0 aliphatic heterocycles. The van der Waals surface area contributed by atoms with Gasteiger partial charge < -0.3 is 5.73 Å². The summed E-state index contributed by atoms with van der Waals surface area (Å²) in [6.45, 7) is 0. The SMILES string of the molecule is NC(=O)c1ccc2c(c1)C1CCC2c2ccccc21. The lowest BCUT2D eigenvalue weighted by Crippen LogP contribution is -2.25. The Bertz CT molecular complexity index is 689. The third-order valence-corrected chi connectivity index (χ3v) is 4.61. The van der Waals surface area contributed by atoms with Crippen LogP contribution in [0, 0.1) is 0 Å². The first-order valence-corrected chi connectivity index (χ1v) is 6.78. The van der Waals surface area contributed by atoms with Crippen molar-refractivity contribution in [1.29, 1.82) is 0 Å². The number of fused-ring (bicyclic) bond motifs is 1. The molecule has 2 heteroatoms. The van der Waals surface area contributed by atoms with Gasteiger partial charge >= 0.3 is 0 Å². The van der Waals surface area contributed by atoms with Crippen LogP contribution in [0.1, 0.15) is 57.3 Å². The Hall–Kier alpha value is -2.09. The molecule has 0 saturated carbocycles. The van der Waals surface area contributed by atoms with Crippen LogP contribution in [-0.2, 0) is 0 Å². The zero-order valence-corrected chi connectivity index (χ0v) is 10.6. The van der Waals surface area contributed by atoms with Crippen LogP contribution >= 0.6 is 0 Å². The van der Waals surface area contributed by atoms with Crippen LogP contribution in [0.5, 0.6) is 0 Å². The highest BCUT2D eigenvalue weighted by Gasteiger charge is 2.37. The van der Waals surface area contributed by atoms with E-state index in [2.05, 4.69) is 30.3 Å². The minimum absolute atomic E-state index is 0.336. The van der Waals surface area contributed by atoms with Gasteiger partial charge in [0, 0.05) is 17.4 Å². The molecule has 94 valence electrons. The van der Waals surface area contributed by atoms with Crippen LogP contribution < -0.4 is 5.73 Å². The van der Waals surface area contributed by atoms with E-state index in [1.165, 1.54) is 35.1 Å². The Morgan fingerprint density at radius 2 is 1.47 bits per heavy atom. The molecule has 3 aliphatic rings. The van der Waals surface area contributed by atoms with Gasteiger partial charge in [-0.2, -0.15) is 0 Å². The highest BCUT2D eigenvalue weighted by atomic mass is 16.1. The van der Waals surface area contributed by atoms with E-state index < -0.39 is 0 Å². The molecule has 0 fully saturated rings. The van der Waals surface area contributed by atoms with Crippen LogP contribution in [0.3, 0.4) is 0 Å². The molecule has 0 saturated heterocycles. The second-order valence-corrected chi connectivity index (χ2v) is 5.52. The van der Waals surface area contributed by atoms with E-state index in [9.17, 15) is 4.79 Å². The molecule has 1 amide bonds. The van der Waals surface area contributed by atoms with E-state index in [1.54, 1.807) is 0 Å². The normalized spacial score (nSPS) is 22.7. The molecule has 0 heterocycles. The standard InChI is InChI=1S/C17H15NO/c18-17(19)10-5-6-14-13-7-8-15(16(14)9-10)12-4-2-1-3-11(12)13/h1-6,9,13,15H,7-8H2,(H2,18,19). The van der Waals surface area contributed by atoms with E-state index in [4.69, 9.17) is 5.73 Å². The summed E-state index contributed by atoms with van der Waals surface area (Å²) in [4.78, 5) is 11.4. The highest BCUT2D eigenvalue weighted by molar-refractivity contribution is 5.93. The Labute approximate surface area is 112 Å². The summed E-state index contributed by atoms with van der Waals surface area (Å²) >= 11 is 0. The number of carbonyl (C=O) groups is 1. The van der Waals surface area contributed by atoms with Gasteiger partial charge in [-0.1, -0.05) is 30.3 Å². The number of rotatable bonds is 1. The fourth-order valence-electron chi connectivity index (χ4n) is 3.78. The minimum atomic E-state index is -0.336. The van der Waals surface area contributed by atoms with E-state index in [-0.39, 0.29) is 5.91 Å². The molecule has 2 atom stereocenters. The van der Waals surface area contributed by atoms with Gasteiger partial charge in [0.15, 0.2) is 0 Å². The van der Waals surface area contributed by atoms with Gasteiger partial charge in [0.05, 0.1) is 0 Å². The first-order chi connectivity index (χ1) is 9.25. The highest BCUT2D eigenvalue weighted by Crippen LogP contribution is 2.52. The van der Waals surface area contributed by atoms with Crippen molar-refractivity contribution in [2.45, 2.75) is 24.7 Å². The van der Waals surface area contributed by atoms with E-state index >= 15 is 0 Å². The summed E-state index contributed by atoms with van der Waals surface area (Å²) in [5.74, 6) is 0.603. The second-order valence-electron chi connectivity index (χ2n) is 5.52. The molecule has 0 aromatic heterocycles. The van der Waals surface area contributed by atoms with Crippen molar-refractivity contribution in [2.24, 2.45) is 5.73 Å². The predicted octanol–water partition coefficient (Wildman–Crippen LogP) is 3.16. The Kier molecular flexibility index (Phi) is 2.10. The molecule has 2 aromatic rings. The molecule has 2 nitrogen and oxygen atoms in total. The molecular formula is C17H15NO. The summed E-state index contributed by atoms with van der Waals surface area (Å²) < 4.78 is 0. The van der Waals surface area contributed by atoms with Gasteiger partial charge in [-0.3, -0.25) is 4.79 Å². The number of hydrogen-bond acceptors (Lipinski definition) is 1. The number of hydrogen-bond donors (Lipinski definition) is 1. The molecule has 3 aliphatic carbocycles. The van der Waals surface area contributed by atoms with Crippen LogP contribution in [0.25, 0.3) is 0 Å². The van der Waals surface area contributed by atoms with Gasteiger partial charge in [0.1, 0.15) is 0 Å². The zero-order valence-electron chi connectivity index (χ0n) is 10.6. The van der Waals surface area contributed by atoms with Crippen LogP contribution in [0.2, 0.25) is 0 Å². The molecular weight excluding hydrogens is 234 g/mol. The smallest absolute Gasteiger partial charge is 0.248 e.